The van der Waals surface area contributed by atoms with Crippen molar-refractivity contribution < 1.29 is 13.2 Å². The van der Waals surface area contributed by atoms with Gasteiger partial charge in [0.2, 0.25) is 15.9 Å². The Hall–Kier alpha value is -2.43. The summed E-state index contributed by atoms with van der Waals surface area (Å²) < 4.78 is 26.5. The lowest BCUT2D eigenvalue weighted by molar-refractivity contribution is -0.120. The summed E-state index contributed by atoms with van der Waals surface area (Å²) in [6.45, 7) is 1.52. The van der Waals surface area contributed by atoms with Crippen LogP contribution in [0.2, 0.25) is 5.02 Å². The summed E-state index contributed by atoms with van der Waals surface area (Å²) in [5, 5.41) is 2.92. The molecule has 0 aliphatic heterocycles. The third kappa shape index (κ3) is 5.28. The first-order valence-electron chi connectivity index (χ1n) is 7.53. The summed E-state index contributed by atoms with van der Waals surface area (Å²) in [5.41, 5.74) is -0.834. The number of hydrogen-bond donors (Lipinski definition) is 4. The van der Waals surface area contributed by atoms with E-state index in [1.165, 1.54) is 31.2 Å². The van der Waals surface area contributed by atoms with Gasteiger partial charge < -0.3 is 10.3 Å². The van der Waals surface area contributed by atoms with E-state index in [1.807, 2.05) is 4.98 Å². The molecule has 1 aromatic carbocycles. The second-order valence-corrected chi connectivity index (χ2v) is 7.59. The van der Waals surface area contributed by atoms with Crippen LogP contribution >= 0.6 is 11.6 Å². The normalized spacial score (nSPS) is 11.3. The predicted molar refractivity (Wildman–Crippen MR) is 95.8 cm³/mol. The molecule has 11 heteroatoms. The van der Waals surface area contributed by atoms with E-state index in [0.29, 0.717) is 10.7 Å². The van der Waals surface area contributed by atoms with Crippen LogP contribution in [0.1, 0.15) is 11.3 Å². The highest BCUT2D eigenvalue weighted by Gasteiger charge is 2.14. The Bertz CT molecular complexity index is 1010. The average molecular weight is 401 g/mol. The number of aryl methyl sites for hydroxylation is 1. The second kappa shape index (κ2) is 8.30. The van der Waals surface area contributed by atoms with Crippen molar-refractivity contribution >= 4 is 27.5 Å². The van der Waals surface area contributed by atoms with Gasteiger partial charge in [-0.25, -0.2) is 17.9 Å². The van der Waals surface area contributed by atoms with Gasteiger partial charge in [0, 0.05) is 29.4 Å². The summed E-state index contributed by atoms with van der Waals surface area (Å²) in [5.74, 6) is -0.476. The fraction of sp³-hybridized carbons (Fsp3) is 0.267. The van der Waals surface area contributed by atoms with Crippen molar-refractivity contribution in [3.63, 3.8) is 0 Å². The Morgan fingerprint density at radius 3 is 2.38 bits per heavy atom. The maximum absolute atomic E-state index is 12.1. The first kappa shape index (κ1) is 19.9. The summed E-state index contributed by atoms with van der Waals surface area (Å²) in [6.07, 6.45) is -0.234. The zero-order valence-corrected chi connectivity index (χ0v) is 15.3. The van der Waals surface area contributed by atoms with Crippen molar-refractivity contribution in [2.24, 2.45) is 0 Å². The van der Waals surface area contributed by atoms with E-state index >= 15 is 0 Å². The van der Waals surface area contributed by atoms with Crippen molar-refractivity contribution in [2.45, 2.75) is 18.2 Å². The molecule has 140 valence electrons. The monoisotopic (exact) mass is 400 g/mol. The first-order valence-corrected chi connectivity index (χ1v) is 9.39. The van der Waals surface area contributed by atoms with Gasteiger partial charge in [-0.3, -0.25) is 14.6 Å². The van der Waals surface area contributed by atoms with Crippen LogP contribution in [0.4, 0.5) is 0 Å². The highest BCUT2D eigenvalue weighted by molar-refractivity contribution is 7.89. The number of amides is 1. The zero-order valence-electron chi connectivity index (χ0n) is 13.8. The number of rotatable bonds is 7. The van der Waals surface area contributed by atoms with Crippen LogP contribution in [0.3, 0.4) is 0 Å². The molecule has 1 aromatic heterocycles. The number of aromatic amines is 2. The largest absolute Gasteiger partial charge is 0.354 e. The first-order chi connectivity index (χ1) is 12.2. The molecule has 2 rings (SSSR count). The standard InChI is InChI=1S/C15H17ClN4O5S/c1-9-12(14(22)20-15(23)19-9)8-13(21)17-6-7-18-26(24,25)11-4-2-10(16)3-5-11/h2-5,18H,6-8H2,1H3,(H,17,21)(H2,19,20,22,23). The molecule has 1 amide bonds. The van der Waals surface area contributed by atoms with Gasteiger partial charge in [0.05, 0.1) is 11.3 Å². The average Bonchev–Trinajstić information content (AvgIpc) is 2.55. The summed E-state index contributed by atoms with van der Waals surface area (Å²) >= 11 is 5.71. The molecular weight excluding hydrogens is 384 g/mol. The van der Waals surface area contributed by atoms with Crippen LogP contribution < -0.4 is 21.3 Å². The van der Waals surface area contributed by atoms with Crippen LogP contribution in [-0.2, 0) is 21.2 Å². The molecule has 0 unspecified atom stereocenters. The van der Waals surface area contributed by atoms with E-state index in [9.17, 15) is 22.8 Å². The highest BCUT2D eigenvalue weighted by atomic mass is 35.5. The van der Waals surface area contributed by atoms with Crippen LogP contribution in [0.25, 0.3) is 0 Å². The molecule has 0 aliphatic carbocycles. The van der Waals surface area contributed by atoms with Crippen LogP contribution in [-0.4, -0.2) is 37.4 Å². The summed E-state index contributed by atoms with van der Waals surface area (Å²) in [6, 6.07) is 5.66. The topological polar surface area (TPSA) is 141 Å². The minimum Gasteiger partial charge on any atom is -0.354 e. The van der Waals surface area contributed by atoms with E-state index < -0.39 is 27.2 Å². The number of nitrogens with one attached hydrogen (secondary N) is 4. The molecule has 0 atom stereocenters. The molecule has 0 bridgehead atoms. The molecular formula is C15H17ClN4O5S. The molecule has 0 saturated carbocycles. The molecule has 0 spiro atoms. The van der Waals surface area contributed by atoms with E-state index in [1.54, 1.807) is 0 Å². The minimum atomic E-state index is -3.71. The predicted octanol–water partition coefficient (Wildman–Crippen LogP) is -0.338. The number of aromatic nitrogens is 2. The molecule has 0 fully saturated rings. The van der Waals surface area contributed by atoms with E-state index in [0.717, 1.165) is 0 Å². The third-order valence-electron chi connectivity index (χ3n) is 3.46. The Labute approximate surface area is 153 Å². The lowest BCUT2D eigenvalue weighted by atomic mass is 10.1. The maximum atomic E-state index is 12.1. The Balaban J connectivity index is 1.86. The molecule has 4 N–H and O–H groups in total. The number of carbonyl (C=O) groups is 1. The van der Waals surface area contributed by atoms with Crippen molar-refractivity contribution in [2.75, 3.05) is 13.1 Å². The lowest BCUT2D eigenvalue weighted by Crippen LogP contribution is -2.37. The van der Waals surface area contributed by atoms with E-state index in [-0.39, 0.29) is 30.0 Å². The number of sulfonamides is 1. The number of halogens is 1. The third-order valence-corrected chi connectivity index (χ3v) is 5.18. The van der Waals surface area contributed by atoms with Crippen molar-refractivity contribution in [1.29, 1.82) is 0 Å². The molecule has 0 radical (unpaired) electrons. The van der Waals surface area contributed by atoms with Gasteiger partial charge in [-0.15, -0.1) is 0 Å². The van der Waals surface area contributed by atoms with E-state index in [4.69, 9.17) is 11.6 Å². The van der Waals surface area contributed by atoms with E-state index in [2.05, 4.69) is 15.0 Å². The molecule has 1 heterocycles. The molecule has 0 aliphatic rings. The second-order valence-electron chi connectivity index (χ2n) is 5.39. The maximum Gasteiger partial charge on any atom is 0.325 e. The van der Waals surface area contributed by atoms with Crippen LogP contribution in [0.5, 0.6) is 0 Å². The quantitative estimate of drug-likeness (QED) is 0.470. The van der Waals surface area contributed by atoms with Gasteiger partial charge in [-0.05, 0) is 31.2 Å². The van der Waals surface area contributed by atoms with Crippen LogP contribution in [0, 0.1) is 6.92 Å². The number of H-pyrrole nitrogens is 2. The Kier molecular flexibility index (Phi) is 6.35. The van der Waals surface area contributed by atoms with Gasteiger partial charge in [0.25, 0.3) is 5.56 Å². The lowest BCUT2D eigenvalue weighted by Gasteiger charge is -2.09. The molecule has 2 aromatic rings. The smallest absolute Gasteiger partial charge is 0.325 e. The molecule has 9 nitrogen and oxygen atoms in total. The van der Waals surface area contributed by atoms with Gasteiger partial charge >= 0.3 is 5.69 Å². The number of benzene rings is 1. The Morgan fingerprint density at radius 2 is 1.77 bits per heavy atom. The zero-order chi connectivity index (χ0) is 19.3. The number of hydrogen-bond acceptors (Lipinski definition) is 5. The SMILES string of the molecule is Cc1[nH]c(=O)[nH]c(=O)c1CC(=O)NCCNS(=O)(=O)c1ccc(Cl)cc1. The van der Waals surface area contributed by atoms with Gasteiger partial charge in [-0.2, -0.15) is 0 Å². The van der Waals surface area contributed by atoms with Crippen molar-refractivity contribution in [3.8, 4) is 0 Å². The fourth-order valence-electron chi connectivity index (χ4n) is 2.15. The summed E-state index contributed by atoms with van der Waals surface area (Å²) in [7, 11) is -3.71. The van der Waals surface area contributed by atoms with Gasteiger partial charge in [-0.1, -0.05) is 11.6 Å². The molecule has 0 saturated heterocycles. The summed E-state index contributed by atoms with van der Waals surface area (Å²) in [4.78, 5) is 39.2. The highest BCUT2D eigenvalue weighted by Crippen LogP contribution is 2.13. The van der Waals surface area contributed by atoms with Crippen molar-refractivity contribution in [1.82, 2.24) is 20.0 Å². The Morgan fingerprint density at radius 1 is 1.12 bits per heavy atom. The minimum absolute atomic E-state index is 0.0301. The van der Waals surface area contributed by atoms with Crippen LogP contribution in [0.15, 0.2) is 38.8 Å². The fourth-order valence-corrected chi connectivity index (χ4v) is 3.30. The van der Waals surface area contributed by atoms with Crippen molar-refractivity contribution in [3.05, 3.63) is 61.4 Å². The van der Waals surface area contributed by atoms with Gasteiger partial charge in [0.15, 0.2) is 0 Å². The van der Waals surface area contributed by atoms with Gasteiger partial charge in [0.1, 0.15) is 0 Å². The molecule has 26 heavy (non-hydrogen) atoms. The number of carbonyl (C=O) groups excluding carboxylic acids is 1.